The van der Waals surface area contributed by atoms with Gasteiger partial charge in [0.2, 0.25) is 0 Å². The van der Waals surface area contributed by atoms with Gasteiger partial charge in [-0.15, -0.1) is 24.0 Å². The number of para-hydroxylation sites is 2. The van der Waals surface area contributed by atoms with Crippen LogP contribution in [0.3, 0.4) is 0 Å². The van der Waals surface area contributed by atoms with E-state index in [1.54, 1.807) is 0 Å². The van der Waals surface area contributed by atoms with Gasteiger partial charge in [0.05, 0.1) is 13.1 Å². The molecule has 7 nitrogen and oxygen atoms in total. The molecule has 32 heavy (non-hydrogen) atoms. The van der Waals surface area contributed by atoms with Crippen molar-refractivity contribution >= 4 is 35.8 Å². The average Bonchev–Trinajstić information content (AvgIpc) is 2.81. The Labute approximate surface area is 207 Å². The Morgan fingerprint density at radius 3 is 2.50 bits per heavy atom. The molecule has 2 aromatic rings. The highest BCUT2D eigenvalue weighted by molar-refractivity contribution is 14.0. The highest BCUT2D eigenvalue weighted by Gasteiger charge is 2.20. The molecule has 0 saturated heterocycles. The number of hydrogen-bond donors (Lipinski definition) is 3. The summed E-state index contributed by atoms with van der Waals surface area (Å²) in [6, 6.07) is 15.4. The molecule has 2 atom stereocenters. The summed E-state index contributed by atoms with van der Waals surface area (Å²) in [7, 11) is 0. The highest BCUT2D eigenvalue weighted by Crippen LogP contribution is 2.30. The molecule has 0 spiro atoms. The second kappa shape index (κ2) is 13.1. The number of nitrogens with one attached hydrogen (secondary N) is 3. The zero-order valence-electron chi connectivity index (χ0n) is 18.9. The number of carbonyl (C=O) groups is 1. The van der Waals surface area contributed by atoms with E-state index < -0.39 is 0 Å². The third kappa shape index (κ3) is 7.58. The minimum atomic E-state index is -0.0953. The van der Waals surface area contributed by atoms with Crippen molar-refractivity contribution in [3.63, 3.8) is 0 Å². The van der Waals surface area contributed by atoms with Gasteiger partial charge >= 0.3 is 0 Å². The van der Waals surface area contributed by atoms with Gasteiger partial charge in [-0.1, -0.05) is 31.2 Å². The number of guanidine groups is 1. The number of halogens is 1. The summed E-state index contributed by atoms with van der Waals surface area (Å²) < 4.78 is 11.7. The molecule has 2 unspecified atom stereocenters. The summed E-state index contributed by atoms with van der Waals surface area (Å²) in [6.07, 6.45) is 0.811. The average molecular weight is 552 g/mol. The molecule has 0 radical (unpaired) electrons. The molecule has 0 saturated carbocycles. The molecule has 3 N–H and O–H groups in total. The lowest BCUT2D eigenvalue weighted by atomic mass is 10.1. The first-order valence-electron chi connectivity index (χ1n) is 10.9. The van der Waals surface area contributed by atoms with E-state index in [-0.39, 0.29) is 42.0 Å². The highest BCUT2D eigenvalue weighted by atomic mass is 127. The minimum absolute atomic E-state index is 0. The number of hydrogen-bond acceptors (Lipinski definition) is 4. The van der Waals surface area contributed by atoms with Crippen LogP contribution in [0.2, 0.25) is 0 Å². The van der Waals surface area contributed by atoms with Crippen LogP contribution in [0.5, 0.6) is 11.5 Å². The molecule has 0 fully saturated rings. The van der Waals surface area contributed by atoms with Crippen molar-refractivity contribution < 1.29 is 14.3 Å². The fourth-order valence-electron chi connectivity index (χ4n) is 3.06. The van der Waals surface area contributed by atoms with Crippen LogP contribution >= 0.6 is 24.0 Å². The number of aliphatic imine (C=N–C) groups is 1. The normalized spacial score (nSPS) is 15.8. The number of carbonyl (C=O) groups excluding carboxylic acids is 1. The number of amides is 1. The van der Waals surface area contributed by atoms with Gasteiger partial charge in [0.25, 0.3) is 5.91 Å². The summed E-state index contributed by atoms with van der Waals surface area (Å²) in [4.78, 5) is 16.9. The minimum Gasteiger partial charge on any atom is -0.486 e. The maximum Gasteiger partial charge on any atom is 0.251 e. The van der Waals surface area contributed by atoms with Crippen molar-refractivity contribution in [3.05, 3.63) is 59.7 Å². The fraction of sp³-hybridized carbons (Fsp3) is 0.417. The predicted octanol–water partition coefficient (Wildman–Crippen LogP) is 3.73. The molecular weight excluding hydrogens is 519 g/mol. The van der Waals surface area contributed by atoms with Crippen LogP contribution in [0.25, 0.3) is 0 Å². The maximum atomic E-state index is 12.2. The van der Waals surface area contributed by atoms with Crippen molar-refractivity contribution in [3.8, 4) is 11.5 Å². The topological polar surface area (TPSA) is 84.0 Å². The number of ether oxygens (including phenoxy) is 2. The molecule has 1 amide bonds. The second-order valence-electron chi connectivity index (χ2n) is 7.55. The van der Waals surface area contributed by atoms with E-state index in [0.29, 0.717) is 31.2 Å². The van der Waals surface area contributed by atoms with Gasteiger partial charge in [-0.25, -0.2) is 4.99 Å². The smallest absolute Gasteiger partial charge is 0.251 e. The van der Waals surface area contributed by atoms with Crippen LogP contribution in [0.15, 0.2) is 53.5 Å². The van der Waals surface area contributed by atoms with E-state index in [1.807, 2.05) is 69.3 Å². The van der Waals surface area contributed by atoms with Gasteiger partial charge in [0.15, 0.2) is 17.5 Å². The zero-order chi connectivity index (χ0) is 22.1. The first-order valence-corrected chi connectivity index (χ1v) is 10.9. The van der Waals surface area contributed by atoms with Crippen LogP contribution < -0.4 is 25.4 Å². The van der Waals surface area contributed by atoms with Crippen molar-refractivity contribution in [1.29, 1.82) is 0 Å². The Kier molecular flexibility index (Phi) is 10.6. The number of rotatable bonds is 8. The third-order valence-electron chi connectivity index (χ3n) is 5.03. The summed E-state index contributed by atoms with van der Waals surface area (Å²) >= 11 is 0. The lowest BCUT2D eigenvalue weighted by molar-refractivity contribution is 0.0936. The van der Waals surface area contributed by atoms with Gasteiger partial charge in [-0.2, -0.15) is 0 Å². The monoisotopic (exact) mass is 552 g/mol. The number of nitrogens with zero attached hydrogens (tertiary/aromatic N) is 1. The van der Waals surface area contributed by atoms with Crippen molar-refractivity contribution in [2.75, 3.05) is 19.7 Å². The van der Waals surface area contributed by atoms with Crippen LogP contribution in [-0.4, -0.2) is 43.7 Å². The fourth-order valence-corrected chi connectivity index (χ4v) is 3.06. The molecule has 0 bridgehead atoms. The van der Waals surface area contributed by atoms with E-state index in [0.717, 1.165) is 30.0 Å². The summed E-state index contributed by atoms with van der Waals surface area (Å²) in [5, 5.41) is 9.54. The molecule has 3 rings (SSSR count). The van der Waals surface area contributed by atoms with Crippen LogP contribution in [0, 0.1) is 0 Å². The van der Waals surface area contributed by atoms with Gasteiger partial charge < -0.3 is 25.4 Å². The SMILES string of the molecule is CCNC(=NCc1ccc(C(=O)NC(C)CC)cc1)NCC1COc2ccccc2O1.I. The molecule has 1 aliphatic rings. The Balaban J connectivity index is 0.00000363. The van der Waals surface area contributed by atoms with Gasteiger partial charge in [0.1, 0.15) is 12.7 Å². The Hall–Kier alpha value is -2.49. The van der Waals surface area contributed by atoms with Crippen LogP contribution in [-0.2, 0) is 6.54 Å². The van der Waals surface area contributed by atoms with E-state index in [2.05, 4.69) is 20.9 Å². The lowest BCUT2D eigenvalue weighted by Crippen LogP contribution is -2.45. The summed E-state index contributed by atoms with van der Waals surface area (Å²) in [6.45, 7) is 8.41. The number of benzene rings is 2. The predicted molar refractivity (Wildman–Crippen MR) is 138 cm³/mol. The lowest BCUT2D eigenvalue weighted by Gasteiger charge is -2.27. The Morgan fingerprint density at radius 2 is 1.81 bits per heavy atom. The van der Waals surface area contributed by atoms with Gasteiger partial charge in [-0.3, -0.25) is 4.79 Å². The molecule has 0 aliphatic carbocycles. The molecule has 1 aliphatic heterocycles. The first kappa shape index (κ1) is 25.8. The standard InChI is InChI=1S/C24H32N4O3.HI/c1-4-17(3)28-23(29)19-12-10-18(11-13-19)14-26-24(25-5-2)27-15-20-16-30-21-8-6-7-9-22(21)31-20;/h6-13,17,20H,4-5,14-16H2,1-3H3,(H,28,29)(H2,25,26,27);1H. The first-order chi connectivity index (χ1) is 15.1. The maximum absolute atomic E-state index is 12.2. The Bertz CT molecular complexity index is 889. The second-order valence-corrected chi connectivity index (χ2v) is 7.55. The quantitative estimate of drug-likeness (QED) is 0.264. The summed E-state index contributed by atoms with van der Waals surface area (Å²) in [5.74, 6) is 2.21. The Morgan fingerprint density at radius 1 is 1.09 bits per heavy atom. The molecule has 8 heteroatoms. The van der Waals surface area contributed by atoms with E-state index >= 15 is 0 Å². The van der Waals surface area contributed by atoms with E-state index in [1.165, 1.54) is 0 Å². The molecule has 1 heterocycles. The van der Waals surface area contributed by atoms with Crippen LogP contribution in [0.4, 0.5) is 0 Å². The van der Waals surface area contributed by atoms with Crippen molar-refractivity contribution in [2.45, 2.75) is 45.9 Å². The van der Waals surface area contributed by atoms with E-state index in [4.69, 9.17) is 9.47 Å². The molecular formula is C24H33IN4O3. The van der Waals surface area contributed by atoms with Crippen molar-refractivity contribution in [1.82, 2.24) is 16.0 Å². The van der Waals surface area contributed by atoms with Gasteiger partial charge in [0, 0.05) is 18.2 Å². The van der Waals surface area contributed by atoms with Crippen molar-refractivity contribution in [2.24, 2.45) is 4.99 Å². The third-order valence-corrected chi connectivity index (χ3v) is 5.03. The van der Waals surface area contributed by atoms with Gasteiger partial charge in [-0.05, 0) is 50.1 Å². The van der Waals surface area contributed by atoms with Crippen LogP contribution in [0.1, 0.15) is 43.1 Å². The zero-order valence-corrected chi connectivity index (χ0v) is 21.2. The molecule has 0 aromatic heterocycles. The molecule has 2 aromatic carbocycles. The number of fused-ring (bicyclic) bond motifs is 1. The molecule has 174 valence electrons. The largest absolute Gasteiger partial charge is 0.486 e. The summed E-state index contributed by atoms with van der Waals surface area (Å²) in [5.41, 5.74) is 1.69. The van der Waals surface area contributed by atoms with E-state index in [9.17, 15) is 4.79 Å².